The predicted molar refractivity (Wildman–Crippen MR) is 144 cm³/mol. The third kappa shape index (κ3) is 6.59. The van der Waals surface area contributed by atoms with Crippen molar-refractivity contribution in [2.75, 3.05) is 56.6 Å². The number of benzene rings is 2. The van der Waals surface area contributed by atoms with E-state index in [0.29, 0.717) is 33.7 Å². The highest BCUT2D eigenvalue weighted by Gasteiger charge is 2.22. The lowest BCUT2D eigenvalue weighted by Crippen LogP contribution is -2.50. The second-order valence-corrected chi connectivity index (χ2v) is 9.29. The van der Waals surface area contributed by atoms with Crippen LogP contribution in [0.5, 0.6) is 5.75 Å². The van der Waals surface area contributed by atoms with Gasteiger partial charge in [0.25, 0.3) is 5.91 Å². The van der Waals surface area contributed by atoms with E-state index in [1.54, 1.807) is 43.6 Å². The summed E-state index contributed by atoms with van der Waals surface area (Å²) >= 11 is 12.1. The molecule has 0 saturated carbocycles. The van der Waals surface area contributed by atoms with E-state index < -0.39 is 6.10 Å². The van der Waals surface area contributed by atoms with E-state index in [4.69, 9.17) is 27.9 Å². The summed E-state index contributed by atoms with van der Waals surface area (Å²) in [5.74, 6) is 0.915. The van der Waals surface area contributed by atoms with Crippen molar-refractivity contribution in [3.8, 4) is 5.75 Å². The number of piperazine rings is 1. The number of carbonyl (C=O) groups excluding carboxylic acids is 1. The minimum atomic E-state index is -0.699. The van der Waals surface area contributed by atoms with Crippen LogP contribution < -0.4 is 20.3 Å². The molecule has 4 rings (SSSR count). The Kier molecular flexibility index (Phi) is 8.88. The molecule has 1 aliphatic rings. The zero-order valence-electron chi connectivity index (χ0n) is 20.0. The molecule has 1 unspecified atom stereocenters. The third-order valence-electron chi connectivity index (χ3n) is 6.00. The Balaban J connectivity index is 1.27. The summed E-state index contributed by atoms with van der Waals surface area (Å²) in [4.78, 5) is 21.6. The Morgan fingerprint density at radius 3 is 2.61 bits per heavy atom. The number of nitrogens with zero attached hydrogens (tertiary/aromatic N) is 3. The first-order valence-corrected chi connectivity index (χ1v) is 12.4. The molecule has 8 nitrogen and oxygen atoms in total. The molecule has 36 heavy (non-hydrogen) atoms. The van der Waals surface area contributed by atoms with Crippen LogP contribution in [-0.2, 0) is 0 Å². The number of rotatable bonds is 9. The molecule has 1 aliphatic heterocycles. The first-order chi connectivity index (χ1) is 17.4. The van der Waals surface area contributed by atoms with E-state index >= 15 is 0 Å². The molecular weight excluding hydrogens is 501 g/mol. The summed E-state index contributed by atoms with van der Waals surface area (Å²) in [6.07, 6.45) is 0.894. The van der Waals surface area contributed by atoms with E-state index in [9.17, 15) is 9.90 Å². The molecule has 1 saturated heterocycles. The Morgan fingerprint density at radius 1 is 1.08 bits per heavy atom. The number of nitrogens with one attached hydrogen (secondary N) is 2. The zero-order valence-corrected chi connectivity index (χ0v) is 21.5. The number of aromatic nitrogens is 1. The smallest absolute Gasteiger partial charge is 0.255 e. The number of amides is 1. The van der Waals surface area contributed by atoms with Gasteiger partial charge in [-0.2, -0.15) is 0 Å². The van der Waals surface area contributed by atoms with Gasteiger partial charge in [0.15, 0.2) is 0 Å². The van der Waals surface area contributed by atoms with Crippen molar-refractivity contribution in [1.82, 2.24) is 15.2 Å². The molecule has 10 heteroatoms. The van der Waals surface area contributed by atoms with Crippen LogP contribution >= 0.6 is 23.2 Å². The maximum Gasteiger partial charge on any atom is 0.255 e. The van der Waals surface area contributed by atoms with Gasteiger partial charge in [-0.1, -0.05) is 35.3 Å². The lowest BCUT2D eigenvalue weighted by atomic mass is 10.2. The Morgan fingerprint density at radius 2 is 1.86 bits per heavy atom. The number of hydrogen-bond donors (Lipinski definition) is 3. The molecule has 2 heterocycles. The lowest BCUT2D eigenvalue weighted by molar-refractivity contribution is 0.0852. The minimum Gasteiger partial charge on any atom is -0.495 e. The summed E-state index contributed by atoms with van der Waals surface area (Å²) in [6.45, 7) is 3.89. The number of ether oxygens (including phenoxy) is 1. The van der Waals surface area contributed by atoms with Gasteiger partial charge in [-0.15, -0.1) is 0 Å². The second kappa shape index (κ2) is 12.3. The molecule has 1 atom stereocenters. The number of para-hydroxylation sites is 2. The number of β-amino-alcohol motifs (C(OH)–C–C–N with tert-alkyl or cyclic N) is 1. The molecule has 0 bridgehead atoms. The third-order valence-corrected chi connectivity index (χ3v) is 6.74. The van der Waals surface area contributed by atoms with Crippen LogP contribution in [0.4, 0.5) is 17.2 Å². The summed E-state index contributed by atoms with van der Waals surface area (Å²) in [5.41, 5.74) is 2.10. The van der Waals surface area contributed by atoms with Crippen LogP contribution in [0.2, 0.25) is 10.0 Å². The topological polar surface area (TPSA) is 90.0 Å². The monoisotopic (exact) mass is 529 g/mol. The highest BCUT2D eigenvalue weighted by Crippen LogP contribution is 2.29. The van der Waals surface area contributed by atoms with E-state index in [-0.39, 0.29) is 12.5 Å². The van der Waals surface area contributed by atoms with Gasteiger partial charge in [0, 0.05) is 51.2 Å². The molecule has 1 amide bonds. The molecule has 1 fully saturated rings. The highest BCUT2D eigenvalue weighted by molar-refractivity contribution is 6.42. The SMILES string of the molecule is COc1ccccc1N1CCN(CC(O)CNC(=O)c2cccnc2Nc2ccc(Cl)c(Cl)c2)CC1. The number of anilines is 3. The molecule has 1 aromatic heterocycles. The van der Waals surface area contributed by atoms with Crippen LogP contribution in [-0.4, -0.2) is 73.4 Å². The van der Waals surface area contributed by atoms with E-state index in [0.717, 1.165) is 37.6 Å². The Labute approximate surface area is 220 Å². The molecule has 190 valence electrons. The summed E-state index contributed by atoms with van der Waals surface area (Å²) in [7, 11) is 1.68. The van der Waals surface area contributed by atoms with Gasteiger partial charge in [0.2, 0.25) is 0 Å². The van der Waals surface area contributed by atoms with Crippen molar-refractivity contribution < 1.29 is 14.6 Å². The standard InChI is InChI=1S/C26H29Cl2N5O3/c1-36-24-7-3-2-6-23(24)33-13-11-32(12-14-33)17-19(34)16-30-26(35)20-5-4-10-29-25(20)31-18-8-9-21(27)22(28)15-18/h2-10,15,19,34H,11-14,16-17H2,1H3,(H,29,31)(H,30,35). The number of aliphatic hydroxyl groups excluding tert-OH is 1. The molecule has 0 spiro atoms. The maximum atomic E-state index is 12.9. The summed E-state index contributed by atoms with van der Waals surface area (Å²) in [5, 5.41) is 17.3. The Hall–Kier alpha value is -3.04. The van der Waals surface area contributed by atoms with Crippen LogP contribution in [0.15, 0.2) is 60.8 Å². The number of halogens is 2. The Bertz CT molecular complexity index is 1190. The fraction of sp³-hybridized carbons (Fsp3) is 0.308. The lowest BCUT2D eigenvalue weighted by Gasteiger charge is -2.37. The number of pyridine rings is 1. The van der Waals surface area contributed by atoms with Crippen molar-refractivity contribution in [3.05, 3.63) is 76.4 Å². The summed E-state index contributed by atoms with van der Waals surface area (Å²) < 4.78 is 5.48. The van der Waals surface area contributed by atoms with E-state index in [1.165, 1.54) is 0 Å². The van der Waals surface area contributed by atoms with Gasteiger partial charge in [0.1, 0.15) is 11.6 Å². The van der Waals surface area contributed by atoms with Crippen molar-refractivity contribution in [2.24, 2.45) is 0 Å². The summed E-state index contributed by atoms with van der Waals surface area (Å²) in [6, 6.07) is 16.4. The molecule has 0 aliphatic carbocycles. The van der Waals surface area contributed by atoms with Crippen LogP contribution in [0.3, 0.4) is 0 Å². The molecular formula is C26H29Cl2N5O3. The quantitative estimate of drug-likeness (QED) is 0.385. The van der Waals surface area contributed by atoms with Gasteiger partial charge < -0.3 is 25.4 Å². The molecule has 2 aromatic carbocycles. The average molecular weight is 530 g/mol. The van der Waals surface area contributed by atoms with Gasteiger partial charge in [0.05, 0.1) is 34.5 Å². The highest BCUT2D eigenvalue weighted by atomic mass is 35.5. The number of aliphatic hydroxyl groups is 1. The van der Waals surface area contributed by atoms with Crippen molar-refractivity contribution in [1.29, 1.82) is 0 Å². The van der Waals surface area contributed by atoms with Crippen molar-refractivity contribution >= 4 is 46.3 Å². The molecule has 3 aromatic rings. The van der Waals surface area contributed by atoms with Gasteiger partial charge in [-0.05, 0) is 42.5 Å². The van der Waals surface area contributed by atoms with E-state index in [1.807, 2.05) is 18.2 Å². The van der Waals surface area contributed by atoms with Crippen molar-refractivity contribution in [3.63, 3.8) is 0 Å². The van der Waals surface area contributed by atoms with Gasteiger partial charge in [-0.3, -0.25) is 9.69 Å². The molecule has 3 N–H and O–H groups in total. The largest absolute Gasteiger partial charge is 0.495 e. The van der Waals surface area contributed by atoms with Crippen LogP contribution in [0.25, 0.3) is 0 Å². The van der Waals surface area contributed by atoms with Crippen LogP contribution in [0.1, 0.15) is 10.4 Å². The normalized spacial score (nSPS) is 14.8. The molecule has 0 radical (unpaired) electrons. The second-order valence-electron chi connectivity index (χ2n) is 8.48. The van der Waals surface area contributed by atoms with Crippen LogP contribution in [0, 0.1) is 0 Å². The van der Waals surface area contributed by atoms with Crippen molar-refractivity contribution in [2.45, 2.75) is 6.10 Å². The maximum absolute atomic E-state index is 12.9. The first kappa shape index (κ1) is 26.0. The van der Waals surface area contributed by atoms with E-state index in [2.05, 4.69) is 31.5 Å². The first-order valence-electron chi connectivity index (χ1n) is 11.7. The number of methoxy groups -OCH3 is 1. The zero-order chi connectivity index (χ0) is 25.5. The van der Waals surface area contributed by atoms with Gasteiger partial charge >= 0.3 is 0 Å². The van der Waals surface area contributed by atoms with Gasteiger partial charge in [-0.25, -0.2) is 4.98 Å². The average Bonchev–Trinajstić information content (AvgIpc) is 2.90. The fourth-order valence-corrected chi connectivity index (χ4v) is 4.43. The predicted octanol–water partition coefficient (Wildman–Crippen LogP) is 4.05. The minimum absolute atomic E-state index is 0.132. The fourth-order valence-electron chi connectivity index (χ4n) is 4.13. The number of carbonyl (C=O) groups is 1. The number of hydrogen-bond acceptors (Lipinski definition) is 7.